The van der Waals surface area contributed by atoms with Crippen LogP contribution >= 0.6 is 12.4 Å². The lowest BCUT2D eigenvalue weighted by atomic mass is 10.0. The Balaban J connectivity index is 0.00000176. The van der Waals surface area contributed by atoms with Crippen LogP contribution in [0.25, 0.3) is 0 Å². The molecule has 0 spiro atoms. The van der Waals surface area contributed by atoms with Gasteiger partial charge in [-0.1, -0.05) is 12.1 Å². The van der Waals surface area contributed by atoms with Crippen LogP contribution in [0.3, 0.4) is 0 Å². The van der Waals surface area contributed by atoms with Crippen molar-refractivity contribution in [1.29, 1.82) is 0 Å². The Morgan fingerprint density at radius 3 is 2.18 bits per heavy atom. The first-order valence-corrected chi connectivity index (χ1v) is 7.08. The zero-order chi connectivity index (χ0) is 15.0. The minimum Gasteiger partial charge on any atom is -0.342 e. The van der Waals surface area contributed by atoms with Crippen LogP contribution in [0, 0.1) is 11.8 Å². The Morgan fingerprint density at radius 1 is 1.14 bits per heavy atom. The molecule has 3 nitrogen and oxygen atoms in total. The number of likely N-dealkylation sites (tertiary alicyclic amines) is 1. The number of benzene rings is 1. The first kappa shape index (κ1) is 17.1. The number of amides is 1. The number of alkyl halides is 3. The van der Waals surface area contributed by atoms with E-state index in [0.717, 1.165) is 38.3 Å². The fraction of sp³-hybridized carbons (Fsp3) is 0.533. The highest BCUT2D eigenvalue weighted by molar-refractivity contribution is 5.85. The van der Waals surface area contributed by atoms with Gasteiger partial charge < -0.3 is 10.2 Å². The minimum atomic E-state index is -4.33. The molecule has 22 heavy (non-hydrogen) atoms. The van der Waals surface area contributed by atoms with E-state index in [2.05, 4.69) is 5.32 Å². The maximum absolute atomic E-state index is 12.5. The molecule has 0 saturated carbocycles. The SMILES string of the molecule is Cl.O=C(Cc1ccc(C(F)(F)F)cc1)N1C[C@H]2CNC[C@H]2C1. The number of nitrogens with zero attached hydrogens (tertiary/aromatic N) is 1. The van der Waals surface area contributed by atoms with E-state index in [1.54, 1.807) is 0 Å². The molecule has 2 saturated heterocycles. The molecule has 0 unspecified atom stereocenters. The summed E-state index contributed by atoms with van der Waals surface area (Å²) in [4.78, 5) is 14.1. The van der Waals surface area contributed by atoms with Gasteiger partial charge in [0.1, 0.15) is 0 Å². The van der Waals surface area contributed by atoms with Crippen molar-refractivity contribution in [3.8, 4) is 0 Å². The van der Waals surface area contributed by atoms with Crippen LogP contribution in [-0.2, 0) is 17.4 Å². The van der Waals surface area contributed by atoms with Gasteiger partial charge in [-0.3, -0.25) is 4.79 Å². The molecule has 122 valence electrons. The first-order valence-electron chi connectivity index (χ1n) is 7.08. The van der Waals surface area contributed by atoms with Crippen LogP contribution in [0.4, 0.5) is 13.2 Å². The summed E-state index contributed by atoms with van der Waals surface area (Å²) in [6, 6.07) is 4.84. The van der Waals surface area contributed by atoms with E-state index in [4.69, 9.17) is 0 Å². The van der Waals surface area contributed by atoms with Gasteiger partial charge in [0.15, 0.2) is 0 Å². The number of carbonyl (C=O) groups is 1. The fourth-order valence-electron chi connectivity index (χ4n) is 3.16. The van der Waals surface area contributed by atoms with Crippen molar-refractivity contribution in [2.45, 2.75) is 12.6 Å². The van der Waals surface area contributed by atoms with Crippen molar-refractivity contribution in [3.05, 3.63) is 35.4 Å². The Kier molecular flexibility index (Phi) is 5.02. The van der Waals surface area contributed by atoms with Crippen molar-refractivity contribution in [2.24, 2.45) is 11.8 Å². The van der Waals surface area contributed by atoms with Crippen LogP contribution in [-0.4, -0.2) is 37.0 Å². The Labute approximate surface area is 133 Å². The number of nitrogens with one attached hydrogen (secondary N) is 1. The number of hydrogen-bond acceptors (Lipinski definition) is 2. The number of halogens is 4. The molecule has 0 aliphatic carbocycles. The topological polar surface area (TPSA) is 32.3 Å². The molecule has 1 amide bonds. The van der Waals surface area contributed by atoms with Crippen molar-refractivity contribution >= 4 is 18.3 Å². The second kappa shape index (κ2) is 6.46. The zero-order valence-electron chi connectivity index (χ0n) is 11.9. The van der Waals surface area contributed by atoms with Crippen molar-refractivity contribution in [3.63, 3.8) is 0 Å². The molecule has 0 radical (unpaired) electrons. The second-order valence-electron chi connectivity index (χ2n) is 5.85. The van der Waals surface area contributed by atoms with Crippen LogP contribution in [0.5, 0.6) is 0 Å². The van der Waals surface area contributed by atoms with Gasteiger partial charge in [0.25, 0.3) is 0 Å². The first-order chi connectivity index (χ1) is 9.93. The number of hydrogen-bond donors (Lipinski definition) is 1. The summed E-state index contributed by atoms with van der Waals surface area (Å²) in [5, 5.41) is 3.31. The van der Waals surface area contributed by atoms with Gasteiger partial charge in [0.2, 0.25) is 5.91 Å². The Bertz CT molecular complexity index is 521. The van der Waals surface area contributed by atoms with Crippen LogP contribution in [0.1, 0.15) is 11.1 Å². The number of rotatable bonds is 2. The van der Waals surface area contributed by atoms with Gasteiger partial charge in [-0.05, 0) is 29.5 Å². The van der Waals surface area contributed by atoms with Crippen LogP contribution < -0.4 is 5.32 Å². The van der Waals surface area contributed by atoms with E-state index in [1.165, 1.54) is 12.1 Å². The highest BCUT2D eigenvalue weighted by Gasteiger charge is 2.37. The average molecular weight is 335 g/mol. The summed E-state index contributed by atoms with van der Waals surface area (Å²) in [6.07, 6.45) is -4.16. The molecule has 1 aromatic rings. The maximum Gasteiger partial charge on any atom is 0.416 e. The molecule has 2 heterocycles. The normalized spacial score (nSPS) is 24.0. The van der Waals surface area contributed by atoms with E-state index >= 15 is 0 Å². The quantitative estimate of drug-likeness (QED) is 0.900. The van der Waals surface area contributed by atoms with Gasteiger partial charge in [-0.15, -0.1) is 12.4 Å². The van der Waals surface area contributed by atoms with Gasteiger partial charge in [0.05, 0.1) is 12.0 Å². The lowest BCUT2D eigenvalue weighted by Crippen LogP contribution is -2.32. The highest BCUT2D eigenvalue weighted by Crippen LogP contribution is 2.30. The molecule has 0 bridgehead atoms. The smallest absolute Gasteiger partial charge is 0.342 e. The Hall–Kier alpha value is -1.27. The number of carbonyl (C=O) groups excluding carboxylic acids is 1. The van der Waals surface area contributed by atoms with E-state index in [9.17, 15) is 18.0 Å². The molecule has 2 aliphatic heterocycles. The monoisotopic (exact) mass is 334 g/mol. The molecule has 3 rings (SSSR count). The van der Waals surface area contributed by atoms with Crippen molar-refractivity contribution in [1.82, 2.24) is 10.2 Å². The van der Waals surface area contributed by atoms with Crippen LogP contribution in [0.2, 0.25) is 0 Å². The second-order valence-corrected chi connectivity index (χ2v) is 5.85. The zero-order valence-corrected chi connectivity index (χ0v) is 12.7. The average Bonchev–Trinajstić information content (AvgIpc) is 2.98. The molecule has 2 atom stereocenters. The molecule has 0 aromatic heterocycles. The number of fused-ring (bicyclic) bond motifs is 1. The molecule has 2 aliphatic rings. The van der Waals surface area contributed by atoms with Gasteiger partial charge in [0, 0.05) is 26.2 Å². The maximum atomic E-state index is 12.5. The summed E-state index contributed by atoms with van der Waals surface area (Å²) >= 11 is 0. The molecule has 2 fully saturated rings. The minimum absolute atomic E-state index is 0. The lowest BCUT2D eigenvalue weighted by Gasteiger charge is -2.17. The predicted octanol–water partition coefficient (Wildman–Crippen LogP) is 2.35. The third-order valence-electron chi connectivity index (χ3n) is 4.38. The molecule has 1 aromatic carbocycles. The predicted molar refractivity (Wildman–Crippen MR) is 78.8 cm³/mol. The largest absolute Gasteiger partial charge is 0.416 e. The molecule has 1 N–H and O–H groups in total. The van der Waals surface area contributed by atoms with Crippen LogP contribution in [0.15, 0.2) is 24.3 Å². The van der Waals surface area contributed by atoms with E-state index in [1.807, 2.05) is 4.90 Å². The van der Waals surface area contributed by atoms with Gasteiger partial charge in [-0.25, -0.2) is 0 Å². The van der Waals surface area contributed by atoms with Crippen molar-refractivity contribution < 1.29 is 18.0 Å². The summed E-state index contributed by atoms with van der Waals surface area (Å²) in [6.45, 7) is 3.43. The summed E-state index contributed by atoms with van der Waals surface area (Å²) in [5.74, 6) is 1.06. The van der Waals surface area contributed by atoms with Crippen molar-refractivity contribution in [2.75, 3.05) is 26.2 Å². The van der Waals surface area contributed by atoms with E-state index in [0.29, 0.717) is 17.4 Å². The third-order valence-corrected chi connectivity index (χ3v) is 4.38. The summed E-state index contributed by atoms with van der Waals surface area (Å²) in [5.41, 5.74) is -0.0522. The summed E-state index contributed by atoms with van der Waals surface area (Å²) < 4.78 is 37.4. The van der Waals surface area contributed by atoms with Gasteiger partial charge in [-0.2, -0.15) is 13.2 Å². The Morgan fingerprint density at radius 2 is 1.68 bits per heavy atom. The standard InChI is InChI=1S/C15H17F3N2O.ClH/c16-15(17,18)13-3-1-10(2-4-13)5-14(21)20-8-11-6-19-7-12(11)9-20;/h1-4,11-12,19H,5-9H2;1H/t11-,12+;. The van der Waals surface area contributed by atoms with E-state index in [-0.39, 0.29) is 24.7 Å². The third kappa shape index (κ3) is 3.55. The lowest BCUT2D eigenvalue weighted by molar-refractivity contribution is -0.137. The molecular weight excluding hydrogens is 317 g/mol. The molecular formula is C15H18ClF3N2O. The fourth-order valence-corrected chi connectivity index (χ4v) is 3.16. The highest BCUT2D eigenvalue weighted by atomic mass is 35.5. The summed E-state index contributed by atoms with van der Waals surface area (Å²) in [7, 11) is 0. The van der Waals surface area contributed by atoms with E-state index < -0.39 is 11.7 Å². The molecule has 7 heteroatoms. The van der Waals surface area contributed by atoms with Gasteiger partial charge >= 0.3 is 6.18 Å².